The van der Waals surface area contributed by atoms with E-state index >= 15 is 0 Å². The number of carbonyl (C=O) groups excluding carboxylic acids is 1. The van der Waals surface area contributed by atoms with E-state index in [1.807, 2.05) is 0 Å². The average molecular weight is 299 g/mol. The largest absolute Gasteiger partial charge is 0.507 e. The zero-order valence-corrected chi connectivity index (χ0v) is 11.5. The van der Waals surface area contributed by atoms with Crippen LogP contribution in [0, 0.1) is 11.2 Å². The van der Waals surface area contributed by atoms with Gasteiger partial charge >= 0.3 is 0 Å². The maximum atomic E-state index is 12.9. The fraction of sp³-hybridized carbons (Fsp3) is 0. The Labute approximate surface area is 126 Å². The Balaban J connectivity index is 2.41. The highest BCUT2D eigenvalue weighted by Gasteiger charge is 2.15. The number of rotatable bonds is 4. The standard InChI is InChI=1S/C16H14FN3O2/c17-10-6-4-9(5-7-10)12(18)8-13(19)11-2-1-3-14(21)15(11)16(20)22/h1-8,19,21H,18H2,(H2,20,22)/b12-8-,19-13?. The topological polar surface area (TPSA) is 113 Å². The van der Waals surface area contributed by atoms with Crippen LogP contribution in [-0.2, 0) is 0 Å². The molecule has 112 valence electrons. The number of allylic oxidation sites excluding steroid dienone is 1. The van der Waals surface area contributed by atoms with Crippen molar-refractivity contribution in [3.05, 3.63) is 71.0 Å². The van der Waals surface area contributed by atoms with E-state index in [-0.39, 0.29) is 28.3 Å². The number of nitrogens with one attached hydrogen (secondary N) is 1. The molecule has 0 atom stereocenters. The molecule has 0 heterocycles. The number of hydrogen-bond donors (Lipinski definition) is 4. The quantitative estimate of drug-likeness (QED) is 0.647. The second-order valence-electron chi connectivity index (χ2n) is 4.58. The van der Waals surface area contributed by atoms with Crippen molar-refractivity contribution in [3.8, 4) is 5.75 Å². The van der Waals surface area contributed by atoms with Crippen LogP contribution in [0.1, 0.15) is 21.5 Å². The molecule has 0 aliphatic carbocycles. The molecule has 0 aliphatic rings. The summed E-state index contributed by atoms with van der Waals surface area (Å²) in [6.45, 7) is 0. The molecule has 2 rings (SSSR count). The van der Waals surface area contributed by atoms with Crippen LogP contribution in [0.15, 0.2) is 48.5 Å². The molecule has 0 aromatic heterocycles. The van der Waals surface area contributed by atoms with Crippen molar-refractivity contribution in [3.63, 3.8) is 0 Å². The number of phenols is 1. The van der Waals surface area contributed by atoms with E-state index in [9.17, 15) is 14.3 Å². The number of amides is 1. The van der Waals surface area contributed by atoms with Crippen LogP contribution in [0.3, 0.4) is 0 Å². The molecule has 1 amide bonds. The number of carbonyl (C=O) groups is 1. The van der Waals surface area contributed by atoms with E-state index in [1.165, 1.54) is 48.5 Å². The average Bonchev–Trinajstić information content (AvgIpc) is 2.47. The van der Waals surface area contributed by atoms with Crippen LogP contribution in [0.25, 0.3) is 5.70 Å². The molecule has 0 unspecified atom stereocenters. The van der Waals surface area contributed by atoms with Gasteiger partial charge in [-0.2, -0.15) is 0 Å². The molecule has 22 heavy (non-hydrogen) atoms. The van der Waals surface area contributed by atoms with Gasteiger partial charge in [0, 0.05) is 11.3 Å². The lowest BCUT2D eigenvalue weighted by Crippen LogP contribution is -2.16. The molecule has 6 heteroatoms. The summed E-state index contributed by atoms with van der Waals surface area (Å²) in [7, 11) is 0. The summed E-state index contributed by atoms with van der Waals surface area (Å²) in [6.07, 6.45) is 1.31. The minimum Gasteiger partial charge on any atom is -0.507 e. The summed E-state index contributed by atoms with van der Waals surface area (Å²) in [4.78, 5) is 11.4. The van der Waals surface area contributed by atoms with Crippen LogP contribution >= 0.6 is 0 Å². The van der Waals surface area contributed by atoms with Gasteiger partial charge in [-0.3, -0.25) is 4.79 Å². The molecule has 0 radical (unpaired) electrons. The Bertz CT molecular complexity index is 767. The lowest BCUT2D eigenvalue weighted by molar-refractivity contribution is 0.0997. The number of hydrogen-bond acceptors (Lipinski definition) is 4. The van der Waals surface area contributed by atoms with Crippen molar-refractivity contribution < 1.29 is 14.3 Å². The van der Waals surface area contributed by atoms with E-state index < -0.39 is 11.7 Å². The van der Waals surface area contributed by atoms with Gasteiger partial charge in [0.1, 0.15) is 11.6 Å². The Morgan fingerprint density at radius 3 is 2.36 bits per heavy atom. The summed E-state index contributed by atoms with van der Waals surface area (Å²) >= 11 is 0. The van der Waals surface area contributed by atoms with Gasteiger partial charge in [-0.1, -0.05) is 24.3 Å². The zero-order chi connectivity index (χ0) is 16.3. The normalized spacial score (nSPS) is 11.2. The molecule has 0 saturated carbocycles. The summed E-state index contributed by atoms with van der Waals surface area (Å²) in [5, 5.41) is 17.7. The van der Waals surface area contributed by atoms with E-state index in [0.717, 1.165) is 0 Å². The van der Waals surface area contributed by atoms with Gasteiger partial charge in [0.15, 0.2) is 0 Å². The van der Waals surface area contributed by atoms with Crippen molar-refractivity contribution in [2.24, 2.45) is 11.5 Å². The number of primary amides is 1. The van der Waals surface area contributed by atoms with E-state index in [0.29, 0.717) is 5.56 Å². The molecule has 0 saturated heterocycles. The summed E-state index contributed by atoms with van der Waals surface area (Å²) in [5.74, 6) is -1.54. The predicted octanol–water partition coefficient (Wildman–Crippen LogP) is 2.00. The highest BCUT2D eigenvalue weighted by atomic mass is 19.1. The number of benzene rings is 2. The molecule has 5 nitrogen and oxygen atoms in total. The van der Waals surface area contributed by atoms with E-state index in [2.05, 4.69) is 0 Å². The molecule has 0 spiro atoms. The van der Waals surface area contributed by atoms with Crippen LogP contribution in [0.2, 0.25) is 0 Å². The monoisotopic (exact) mass is 299 g/mol. The Morgan fingerprint density at radius 1 is 1.14 bits per heavy atom. The molecule has 0 aliphatic heterocycles. The smallest absolute Gasteiger partial charge is 0.253 e. The first kappa shape index (κ1) is 15.2. The van der Waals surface area contributed by atoms with Crippen LogP contribution in [-0.4, -0.2) is 16.7 Å². The molecule has 2 aromatic rings. The number of halogens is 1. The first-order valence-electron chi connectivity index (χ1n) is 6.34. The summed E-state index contributed by atoms with van der Waals surface area (Å²) < 4.78 is 12.9. The lowest BCUT2D eigenvalue weighted by Gasteiger charge is -2.08. The predicted molar refractivity (Wildman–Crippen MR) is 82.0 cm³/mol. The molecule has 0 fully saturated rings. The summed E-state index contributed by atoms with van der Waals surface area (Å²) in [5.41, 5.74) is 11.8. The molecule has 0 bridgehead atoms. The van der Waals surface area contributed by atoms with Crippen molar-refractivity contribution >= 4 is 17.3 Å². The molecule has 6 N–H and O–H groups in total. The van der Waals surface area contributed by atoms with Crippen LogP contribution in [0.4, 0.5) is 4.39 Å². The highest BCUT2D eigenvalue weighted by molar-refractivity contribution is 6.16. The fourth-order valence-electron chi connectivity index (χ4n) is 1.98. The lowest BCUT2D eigenvalue weighted by atomic mass is 9.99. The third-order valence-electron chi connectivity index (χ3n) is 3.06. The van der Waals surface area contributed by atoms with Gasteiger partial charge in [-0.15, -0.1) is 0 Å². The zero-order valence-electron chi connectivity index (χ0n) is 11.5. The Morgan fingerprint density at radius 2 is 1.77 bits per heavy atom. The van der Waals surface area contributed by atoms with Crippen molar-refractivity contribution in [1.29, 1.82) is 5.41 Å². The SMILES string of the molecule is N=C(/C=C(\N)c1ccc(F)cc1)c1cccc(O)c1C(N)=O. The fourth-order valence-corrected chi connectivity index (χ4v) is 1.98. The van der Waals surface area contributed by atoms with Gasteiger partial charge in [0.2, 0.25) is 0 Å². The van der Waals surface area contributed by atoms with Crippen LogP contribution in [0.5, 0.6) is 5.75 Å². The first-order valence-corrected chi connectivity index (χ1v) is 6.34. The van der Waals surface area contributed by atoms with Gasteiger partial charge in [-0.05, 0) is 29.8 Å². The molecular formula is C16H14FN3O2. The minimum atomic E-state index is -0.841. The second-order valence-corrected chi connectivity index (χ2v) is 4.58. The highest BCUT2D eigenvalue weighted by Crippen LogP contribution is 2.22. The number of nitrogens with two attached hydrogens (primary N) is 2. The van der Waals surface area contributed by atoms with Gasteiger partial charge in [-0.25, -0.2) is 4.39 Å². The number of aromatic hydroxyl groups is 1. The third kappa shape index (κ3) is 3.12. The Kier molecular flexibility index (Phi) is 4.22. The van der Waals surface area contributed by atoms with Gasteiger partial charge in [0.05, 0.1) is 11.3 Å². The Hall–Kier alpha value is -3.15. The molecule has 2 aromatic carbocycles. The third-order valence-corrected chi connectivity index (χ3v) is 3.06. The minimum absolute atomic E-state index is 0.0912. The maximum Gasteiger partial charge on any atom is 0.253 e. The maximum absolute atomic E-state index is 12.9. The van der Waals surface area contributed by atoms with Crippen molar-refractivity contribution in [2.45, 2.75) is 0 Å². The van der Waals surface area contributed by atoms with Gasteiger partial charge in [0.25, 0.3) is 5.91 Å². The van der Waals surface area contributed by atoms with Gasteiger partial charge < -0.3 is 22.0 Å². The van der Waals surface area contributed by atoms with Crippen molar-refractivity contribution in [2.75, 3.05) is 0 Å². The van der Waals surface area contributed by atoms with Crippen LogP contribution < -0.4 is 11.5 Å². The second kappa shape index (κ2) is 6.09. The van der Waals surface area contributed by atoms with Crippen molar-refractivity contribution in [1.82, 2.24) is 0 Å². The first-order chi connectivity index (χ1) is 10.4. The van der Waals surface area contributed by atoms with E-state index in [4.69, 9.17) is 16.9 Å². The molecular weight excluding hydrogens is 285 g/mol. The van der Waals surface area contributed by atoms with E-state index in [1.54, 1.807) is 0 Å². The summed E-state index contributed by atoms with van der Waals surface area (Å²) in [6, 6.07) is 9.75.